The number of rotatable bonds is 8. The van der Waals surface area contributed by atoms with E-state index in [-0.39, 0.29) is 12.0 Å². The maximum Gasteiger partial charge on any atom is 0.255 e. The summed E-state index contributed by atoms with van der Waals surface area (Å²) in [6.07, 6.45) is 0.0747. The van der Waals surface area contributed by atoms with Crippen molar-refractivity contribution in [1.82, 2.24) is 0 Å². The van der Waals surface area contributed by atoms with Gasteiger partial charge in [-0.15, -0.1) is 0 Å². The van der Waals surface area contributed by atoms with Crippen LogP contribution in [0.4, 0.5) is 5.69 Å². The van der Waals surface area contributed by atoms with Crippen LogP contribution in [0.15, 0.2) is 42.5 Å². The highest BCUT2D eigenvalue weighted by molar-refractivity contribution is 6.04. The van der Waals surface area contributed by atoms with E-state index < -0.39 is 5.91 Å². The molecule has 6 nitrogen and oxygen atoms in total. The molecule has 26 heavy (non-hydrogen) atoms. The highest BCUT2D eigenvalue weighted by Gasteiger charge is 2.12. The van der Waals surface area contributed by atoms with Crippen LogP contribution >= 0.6 is 0 Å². The molecule has 0 spiro atoms. The number of carbonyl (C=O) groups is 2. The number of amides is 2. The van der Waals surface area contributed by atoms with Gasteiger partial charge in [0.15, 0.2) is 0 Å². The summed E-state index contributed by atoms with van der Waals surface area (Å²) in [7, 11) is 0. The molecule has 2 aromatic rings. The lowest BCUT2D eigenvalue weighted by Crippen LogP contribution is -2.14. The number of nitrogens with two attached hydrogens (primary N) is 1. The van der Waals surface area contributed by atoms with Gasteiger partial charge < -0.3 is 20.5 Å². The van der Waals surface area contributed by atoms with E-state index in [0.717, 1.165) is 5.56 Å². The van der Waals surface area contributed by atoms with Gasteiger partial charge in [0.05, 0.1) is 19.3 Å². The van der Waals surface area contributed by atoms with Gasteiger partial charge in [-0.25, -0.2) is 0 Å². The van der Waals surface area contributed by atoms with Crippen LogP contribution in [0.2, 0.25) is 0 Å². The van der Waals surface area contributed by atoms with Gasteiger partial charge in [-0.05, 0) is 63.2 Å². The van der Waals surface area contributed by atoms with Crippen molar-refractivity contribution in [3.8, 4) is 5.75 Å². The van der Waals surface area contributed by atoms with E-state index in [1.165, 1.54) is 0 Å². The lowest BCUT2D eigenvalue weighted by Gasteiger charge is -2.14. The molecule has 0 atom stereocenters. The molecular formula is C20H24N2O4. The first-order valence-corrected chi connectivity index (χ1v) is 8.49. The predicted molar refractivity (Wildman–Crippen MR) is 100 cm³/mol. The second-order valence-corrected chi connectivity index (χ2v) is 6.01. The maximum atomic E-state index is 12.5. The summed E-state index contributed by atoms with van der Waals surface area (Å²) in [6, 6.07) is 11.6. The van der Waals surface area contributed by atoms with Crippen molar-refractivity contribution in [2.24, 2.45) is 5.73 Å². The van der Waals surface area contributed by atoms with Gasteiger partial charge >= 0.3 is 0 Å². The maximum absolute atomic E-state index is 12.5. The Kier molecular flexibility index (Phi) is 6.74. The van der Waals surface area contributed by atoms with E-state index in [9.17, 15) is 9.59 Å². The SMILES string of the molecule is CCOc1ccc(C(=O)Nc2ccc(C(N)=O)cc2)cc1COC(C)C. The number of hydrogen-bond donors (Lipinski definition) is 2. The second kappa shape index (κ2) is 9.01. The minimum absolute atomic E-state index is 0.0747. The minimum Gasteiger partial charge on any atom is -0.494 e. The Morgan fingerprint density at radius 2 is 1.73 bits per heavy atom. The first kappa shape index (κ1) is 19.5. The molecule has 6 heteroatoms. The fourth-order valence-electron chi connectivity index (χ4n) is 2.31. The number of carbonyl (C=O) groups excluding carboxylic acids is 2. The van der Waals surface area contributed by atoms with Crippen LogP contribution in [0.25, 0.3) is 0 Å². The number of anilines is 1. The molecule has 0 radical (unpaired) electrons. The summed E-state index contributed by atoms with van der Waals surface area (Å²) >= 11 is 0. The largest absolute Gasteiger partial charge is 0.494 e. The summed E-state index contributed by atoms with van der Waals surface area (Å²) in [5, 5.41) is 2.80. The van der Waals surface area contributed by atoms with Crippen molar-refractivity contribution >= 4 is 17.5 Å². The zero-order chi connectivity index (χ0) is 19.1. The summed E-state index contributed by atoms with van der Waals surface area (Å²) in [5.74, 6) is -0.0645. The van der Waals surface area contributed by atoms with Gasteiger partial charge in [0, 0.05) is 22.4 Å². The molecule has 0 aliphatic rings. The number of benzene rings is 2. The van der Waals surface area contributed by atoms with Crippen molar-refractivity contribution in [2.75, 3.05) is 11.9 Å². The normalized spacial score (nSPS) is 10.6. The average Bonchev–Trinajstić information content (AvgIpc) is 2.61. The molecule has 2 rings (SSSR count). The zero-order valence-corrected chi connectivity index (χ0v) is 15.2. The van der Waals surface area contributed by atoms with E-state index in [4.69, 9.17) is 15.2 Å². The number of nitrogens with one attached hydrogen (secondary N) is 1. The Morgan fingerprint density at radius 3 is 2.31 bits per heavy atom. The van der Waals surface area contributed by atoms with Crippen molar-refractivity contribution < 1.29 is 19.1 Å². The van der Waals surface area contributed by atoms with Crippen molar-refractivity contribution in [3.05, 3.63) is 59.2 Å². The molecule has 0 bridgehead atoms. The Balaban J connectivity index is 2.16. The third-order valence-corrected chi connectivity index (χ3v) is 3.62. The monoisotopic (exact) mass is 356 g/mol. The van der Waals surface area contributed by atoms with Gasteiger partial charge in [-0.2, -0.15) is 0 Å². The van der Waals surface area contributed by atoms with E-state index in [1.807, 2.05) is 20.8 Å². The molecule has 0 saturated carbocycles. The quantitative estimate of drug-likeness (QED) is 0.759. The van der Waals surface area contributed by atoms with Crippen LogP contribution in [-0.4, -0.2) is 24.5 Å². The molecular weight excluding hydrogens is 332 g/mol. The molecule has 0 aliphatic carbocycles. The molecule has 3 N–H and O–H groups in total. The Bertz CT molecular complexity index is 770. The Labute approximate surface area is 153 Å². The van der Waals surface area contributed by atoms with E-state index in [0.29, 0.717) is 35.8 Å². The summed E-state index contributed by atoms with van der Waals surface area (Å²) in [5.41, 5.74) is 7.49. The molecule has 2 aromatic carbocycles. The summed E-state index contributed by atoms with van der Waals surface area (Å²) < 4.78 is 11.3. The van der Waals surface area contributed by atoms with Gasteiger partial charge in [-0.1, -0.05) is 0 Å². The van der Waals surface area contributed by atoms with Crippen LogP contribution in [0.5, 0.6) is 5.75 Å². The van der Waals surface area contributed by atoms with Crippen LogP contribution in [0.1, 0.15) is 47.1 Å². The van der Waals surface area contributed by atoms with E-state index in [2.05, 4.69) is 5.32 Å². The number of primary amides is 1. The van der Waals surface area contributed by atoms with Crippen LogP contribution in [0.3, 0.4) is 0 Å². The molecule has 0 heterocycles. The average molecular weight is 356 g/mol. The molecule has 0 fully saturated rings. The summed E-state index contributed by atoms with van der Waals surface area (Å²) in [4.78, 5) is 23.6. The minimum atomic E-state index is -0.510. The Morgan fingerprint density at radius 1 is 1.08 bits per heavy atom. The Hall–Kier alpha value is -2.86. The van der Waals surface area contributed by atoms with Crippen LogP contribution < -0.4 is 15.8 Å². The first-order chi connectivity index (χ1) is 12.4. The lowest BCUT2D eigenvalue weighted by atomic mass is 10.1. The molecule has 0 aliphatic heterocycles. The van der Waals surface area contributed by atoms with Crippen LogP contribution in [0, 0.1) is 0 Å². The van der Waals surface area contributed by atoms with Gasteiger partial charge in [0.2, 0.25) is 5.91 Å². The molecule has 138 valence electrons. The van der Waals surface area contributed by atoms with Crippen molar-refractivity contribution in [1.29, 1.82) is 0 Å². The fraction of sp³-hybridized carbons (Fsp3) is 0.300. The smallest absolute Gasteiger partial charge is 0.255 e. The number of ether oxygens (including phenoxy) is 2. The van der Waals surface area contributed by atoms with Gasteiger partial charge in [-0.3, -0.25) is 9.59 Å². The van der Waals surface area contributed by atoms with Gasteiger partial charge in [0.25, 0.3) is 5.91 Å². The number of hydrogen-bond acceptors (Lipinski definition) is 4. The molecule has 2 amide bonds. The summed E-state index contributed by atoms with van der Waals surface area (Å²) in [6.45, 7) is 6.70. The standard InChI is InChI=1S/C20H24N2O4/c1-4-25-18-10-7-15(11-16(18)12-26-13(2)3)20(24)22-17-8-5-14(6-9-17)19(21)23/h5-11,13H,4,12H2,1-3H3,(H2,21,23)(H,22,24). The molecule has 0 saturated heterocycles. The third-order valence-electron chi connectivity index (χ3n) is 3.62. The van der Waals surface area contributed by atoms with E-state index in [1.54, 1.807) is 42.5 Å². The molecule has 0 aromatic heterocycles. The lowest BCUT2D eigenvalue weighted by molar-refractivity contribution is 0.0641. The van der Waals surface area contributed by atoms with E-state index >= 15 is 0 Å². The second-order valence-electron chi connectivity index (χ2n) is 6.01. The first-order valence-electron chi connectivity index (χ1n) is 8.49. The highest BCUT2D eigenvalue weighted by Crippen LogP contribution is 2.23. The predicted octanol–water partition coefficient (Wildman–Crippen LogP) is 3.36. The topological polar surface area (TPSA) is 90.6 Å². The third kappa shape index (κ3) is 5.32. The van der Waals surface area contributed by atoms with Crippen molar-refractivity contribution in [2.45, 2.75) is 33.5 Å². The highest BCUT2D eigenvalue weighted by atomic mass is 16.5. The zero-order valence-electron chi connectivity index (χ0n) is 15.2. The van der Waals surface area contributed by atoms with Crippen molar-refractivity contribution in [3.63, 3.8) is 0 Å². The van der Waals surface area contributed by atoms with Gasteiger partial charge in [0.1, 0.15) is 5.75 Å². The molecule has 0 unspecified atom stereocenters. The fourth-order valence-corrected chi connectivity index (χ4v) is 2.31. The van der Waals surface area contributed by atoms with Crippen LogP contribution in [-0.2, 0) is 11.3 Å².